The highest BCUT2D eigenvalue weighted by molar-refractivity contribution is 6.10. The summed E-state index contributed by atoms with van der Waals surface area (Å²) < 4.78 is 11.6. The Balaban J connectivity index is 1.80. The Hall–Kier alpha value is -3.28. The lowest BCUT2D eigenvalue weighted by Gasteiger charge is -2.04. The molecule has 0 unspecified atom stereocenters. The fraction of sp³-hybridized carbons (Fsp3) is 0.111. The molecule has 6 heteroatoms. The Kier molecular flexibility index (Phi) is 2.53. The van der Waals surface area contributed by atoms with Crippen LogP contribution in [0.25, 0.3) is 38.9 Å². The van der Waals surface area contributed by atoms with Crippen molar-refractivity contribution in [3.05, 3.63) is 55.7 Å². The molecular weight excluding hydrogens is 302 g/mol. The van der Waals surface area contributed by atoms with Gasteiger partial charge in [-0.2, -0.15) is 0 Å². The predicted octanol–water partition coefficient (Wildman–Crippen LogP) is 2.73. The Morgan fingerprint density at radius 2 is 2.21 bits per heavy atom. The predicted molar refractivity (Wildman–Crippen MR) is 89.6 cm³/mol. The molecule has 0 atom stereocenters. The van der Waals surface area contributed by atoms with Gasteiger partial charge in [0.25, 0.3) is 0 Å². The summed E-state index contributed by atoms with van der Waals surface area (Å²) in [6.45, 7) is 0. The number of fused-ring (bicyclic) bond motifs is 3. The van der Waals surface area contributed by atoms with Gasteiger partial charge in [-0.1, -0.05) is 18.2 Å². The molecule has 0 radical (unpaired) electrons. The lowest BCUT2D eigenvalue weighted by atomic mass is 10.2. The van der Waals surface area contributed by atoms with Crippen molar-refractivity contribution in [1.82, 2.24) is 19.1 Å². The second-order valence-electron chi connectivity index (χ2n) is 5.98. The number of nitrogens with zero attached hydrogens (tertiary/aromatic N) is 4. The zero-order chi connectivity index (χ0) is 16.3. The monoisotopic (exact) mass is 317 g/mol. The number of aryl methyl sites for hydroxylation is 2. The summed E-state index contributed by atoms with van der Waals surface area (Å²) in [4.78, 5) is 7.95. The fourth-order valence-corrected chi connectivity index (χ4v) is 3.14. The number of hydrogen-bond donors (Lipinski definition) is 1. The van der Waals surface area contributed by atoms with E-state index in [1.807, 2.05) is 52.5 Å². The zero-order valence-electron chi connectivity index (χ0n) is 13.3. The van der Waals surface area contributed by atoms with E-state index in [9.17, 15) is 0 Å². The Morgan fingerprint density at radius 3 is 2.96 bits per heavy atom. The highest BCUT2D eigenvalue weighted by Crippen LogP contribution is 2.36. The molecule has 0 fully saturated rings. The average Bonchev–Trinajstić information content (AvgIpc) is 3.30. The van der Waals surface area contributed by atoms with Gasteiger partial charge in [0.2, 0.25) is 6.33 Å². The third kappa shape index (κ3) is 1.76. The largest absolute Gasteiger partial charge is 0.461 e. The molecule has 0 spiro atoms. The molecule has 4 aromatic heterocycles. The molecule has 0 amide bonds. The van der Waals surface area contributed by atoms with Crippen molar-refractivity contribution in [3.8, 4) is 16.9 Å². The van der Waals surface area contributed by atoms with E-state index in [2.05, 4.69) is 28.4 Å². The van der Waals surface area contributed by atoms with Crippen molar-refractivity contribution in [1.29, 1.82) is 0 Å². The van der Waals surface area contributed by atoms with Crippen LogP contribution in [0.5, 0.6) is 0 Å². The van der Waals surface area contributed by atoms with E-state index in [-0.39, 0.29) is 0 Å². The number of hydrogen-bond acceptors (Lipinski definition) is 2. The van der Waals surface area contributed by atoms with Crippen LogP contribution in [0.15, 0.2) is 53.8 Å². The standard InChI is InChI=1S/C18H15N5O/c1-21-6-7-23(11-21)15-5-3-4-12-16(15)20-17-13(9-24-18(12)17)14-8-22(2)10-19-14/h3-10,20H,1-2H3. The minimum atomic E-state index is 0.851. The van der Waals surface area contributed by atoms with Crippen LogP contribution in [0.3, 0.4) is 0 Å². The van der Waals surface area contributed by atoms with Crippen molar-refractivity contribution in [2.45, 2.75) is 0 Å². The van der Waals surface area contributed by atoms with Crippen molar-refractivity contribution < 1.29 is 8.98 Å². The number of para-hydroxylation sites is 1. The van der Waals surface area contributed by atoms with Crippen LogP contribution in [0.1, 0.15) is 0 Å². The number of furan rings is 1. The van der Waals surface area contributed by atoms with Gasteiger partial charge in [-0.25, -0.2) is 4.98 Å². The third-order valence-electron chi connectivity index (χ3n) is 4.27. The van der Waals surface area contributed by atoms with Crippen LogP contribution < -0.4 is 4.57 Å². The van der Waals surface area contributed by atoms with Crippen LogP contribution in [0.2, 0.25) is 0 Å². The molecule has 0 saturated heterocycles. The van der Waals surface area contributed by atoms with Gasteiger partial charge in [0.1, 0.15) is 6.26 Å². The first-order valence-electron chi connectivity index (χ1n) is 7.67. The highest BCUT2D eigenvalue weighted by Gasteiger charge is 2.17. The first-order valence-corrected chi connectivity index (χ1v) is 7.67. The van der Waals surface area contributed by atoms with Gasteiger partial charge in [-0.15, -0.1) is 0 Å². The number of benzene rings is 1. The first-order chi connectivity index (χ1) is 11.7. The minimum Gasteiger partial charge on any atom is -0.461 e. The van der Waals surface area contributed by atoms with Gasteiger partial charge in [-0.3, -0.25) is 0 Å². The van der Waals surface area contributed by atoms with Crippen molar-refractivity contribution in [2.75, 3.05) is 0 Å². The number of H-pyrrole nitrogens is 1. The summed E-state index contributed by atoms with van der Waals surface area (Å²) in [7, 11) is 3.91. The molecule has 0 aliphatic carbocycles. The maximum atomic E-state index is 5.86. The third-order valence-corrected chi connectivity index (χ3v) is 4.27. The molecule has 5 rings (SSSR count). The first kappa shape index (κ1) is 13.2. The number of nitrogens with one attached hydrogen (secondary N) is 1. The van der Waals surface area contributed by atoms with E-state index in [1.54, 1.807) is 12.6 Å². The number of aromatic amines is 1. The van der Waals surface area contributed by atoms with E-state index < -0.39 is 0 Å². The van der Waals surface area contributed by atoms with Gasteiger partial charge >= 0.3 is 0 Å². The molecular formula is C18H15N5O. The van der Waals surface area contributed by atoms with Gasteiger partial charge in [0.15, 0.2) is 5.58 Å². The van der Waals surface area contributed by atoms with E-state index in [0.29, 0.717) is 0 Å². The SMILES string of the molecule is Cn1cnc(-c2coc3c2[nH]c2c(-n4[c-][n+](C)cc4)cccc23)c1. The van der Waals surface area contributed by atoms with Crippen LogP contribution in [-0.4, -0.2) is 19.1 Å². The van der Waals surface area contributed by atoms with Crippen molar-refractivity contribution in [2.24, 2.45) is 14.1 Å². The van der Waals surface area contributed by atoms with Crippen LogP contribution in [-0.2, 0) is 14.1 Å². The summed E-state index contributed by atoms with van der Waals surface area (Å²) in [5.41, 5.74) is 5.73. The molecule has 1 aromatic carbocycles. The summed E-state index contributed by atoms with van der Waals surface area (Å²) in [5, 5.41) is 1.05. The number of aromatic nitrogens is 5. The van der Waals surface area contributed by atoms with E-state index in [0.717, 1.165) is 38.9 Å². The highest BCUT2D eigenvalue weighted by atomic mass is 16.3. The Morgan fingerprint density at radius 1 is 1.29 bits per heavy atom. The zero-order valence-corrected chi connectivity index (χ0v) is 13.3. The second kappa shape index (κ2) is 4.61. The quantitative estimate of drug-likeness (QED) is 0.402. The minimum absolute atomic E-state index is 0.851. The van der Waals surface area contributed by atoms with Gasteiger partial charge in [0, 0.05) is 31.0 Å². The molecule has 6 nitrogen and oxygen atoms in total. The molecule has 4 heterocycles. The second-order valence-corrected chi connectivity index (χ2v) is 5.98. The molecule has 24 heavy (non-hydrogen) atoms. The topological polar surface area (TPSA) is 55.6 Å². The van der Waals surface area contributed by atoms with E-state index >= 15 is 0 Å². The van der Waals surface area contributed by atoms with Crippen molar-refractivity contribution in [3.63, 3.8) is 0 Å². The lowest BCUT2D eigenvalue weighted by molar-refractivity contribution is -0.674. The summed E-state index contributed by atoms with van der Waals surface area (Å²) in [6, 6.07) is 6.16. The van der Waals surface area contributed by atoms with E-state index in [1.165, 1.54) is 0 Å². The Labute approximate surface area is 137 Å². The molecule has 0 saturated carbocycles. The maximum absolute atomic E-state index is 5.86. The number of rotatable bonds is 2. The smallest absolute Gasteiger partial charge is 0.243 e. The fourth-order valence-electron chi connectivity index (χ4n) is 3.14. The van der Waals surface area contributed by atoms with Gasteiger partial charge in [0.05, 0.1) is 41.4 Å². The lowest BCUT2D eigenvalue weighted by Crippen LogP contribution is -2.24. The van der Waals surface area contributed by atoms with Crippen LogP contribution >= 0.6 is 0 Å². The molecule has 5 aromatic rings. The van der Waals surface area contributed by atoms with Gasteiger partial charge in [-0.05, 0) is 0 Å². The molecule has 1 N–H and O–H groups in total. The maximum Gasteiger partial charge on any atom is 0.243 e. The number of imidazole rings is 2. The van der Waals surface area contributed by atoms with E-state index in [4.69, 9.17) is 4.42 Å². The average molecular weight is 317 g/mol. The molecule has 118 valence electrons. The molecule has 0 aliphatic heterocycles. The van der Waals surface area contributed by atoms with Crippen LogP contribution in [0, 0.1) is 6.33 Å². The summed E-state index contributed by atoms with van der Waals surface area (Å²) >= 11 is 0. The Bertz CT molecular complexity index is 1190. The normalized spacial score (nSPS) is 11.8. The van der Waals surface area contributed by atoms with Gasteiger partial charge < -0.3 is 23.1 Å². The van der Waals surface area contributed by atoms with Crippen LogP contribution in [0.4, 0.5) is 0 Å². The van der Waals surface area contributed by atoms with Crippen molar-refractivity contribution >= 4 is 22.0 Å². The molecule has 0 bridgehead atoms. The summed E-state index contributed by atoms with van der Waals surface area (Å²) in [5.74, 6) is 0. The summed E-state index contributed by atoms with van der Waals surface area (Å²) in [6.07, 6.45) is 12.7. The molecule has 0 aliphatic rings.